The van der Waals surface area contributed by atoms with E-state index in [1.807, 2.05) is 12.1 Å². The maximum atomic E-state index is 12.0. The average molecular weight is 279 g/mol. The van der Waals surface area contributed by atoms with Crippen LogP contribution in [-0.2, 0) is 10.0 Å². The molecule has 0 radical (unpaired) electrons. The van der Waals surface area contributed by atoms with Crippen LogP contribution in [-0.4, -0.2) is 44.3 Å². The fourth-order valence-electron chi connectivity index (χ4n) is 2.64. The van der Waals surface area contributed by atoms with Crippen LogP contribution in [0.2, 0.25) is 0 Å². The predicted octanol–water partition coefficient (Wildman–Crippen LogP) is 0.819. The van der Waals surface area contributed by atoms with Crippen molar-refractivity contribution in [3.8, 4) is 0 Å². The summed E-state index contributed by atoms with van der Waals surface area (Å²) in [6, 6.07) is 7.03. The number of hydrogen-bond donors (Lipinski definition) is 1. The normalized spacial score (nSPS) is 23.9. The number of nitrogens with zero attached hydrogens (tertiary/aromatic N) is 2. The SMILES string of the molecule is CC1(C)CN(C2=NS(=O)(=O)c3ccccc32)CCN1. The van der Waals surface area contributed by atoms with Crippen molar-refractivity contribution in [3.05, 3.63) is 29.8 Å². The molecule has 6 heteroatoms. The third-order valence-electron chi connectivity index (χ3n) is 3.48. The Morgan fingerprint density at radius 3 is 2.79 bits per heavy atom. The van der Waals surface area contributed by atoms with Crippen LogP contribution in [0.4, 0.5) is 0 Å². The molecule has 1 aromatic rings. The van der Waals surface area contributed by atoms with E-state index in [9.17, 15) is 8.42 Å². The summed E-state index contributed by atoms with van der Waals surface area (Å²) < 4.78 is 28.0. The molecule has 1 N–H and O–H groups in total. The van der Waals surface area contributed by atoms with Gasteiger partial charge in [0.05, 0.1) is 0 Å². The zero-order valence-electron chi connectivity index (χ0n) is 11.0. The summed E-state index contributed by atoms with van der Waals surface area (Å²) in [6.07, 6.45) is 0. The Bertz CT molecular complexity index is 650. The Labute approximate surface area is 113 Å². The summed E-state index contributed by atoms with van der Waals surface area (Å²) in [5.74, 6) is 0.588. The van der Waals surface area contributed by atoms with Crippen molar-refractivity contribution >= 4 is 15.9 Å². The van der Waals surface area contributed by atoms with Gasteiger partial charge < -0.3 is 10.2 Å². The van der Waals surface area contributed by atoms with Crippen molar-refractivity contribution in [2.45, 2.75) is 24.3 Å². The van der Waals surface area contributed by atoms with Crippen LogP contribution in [0, 0.1) is 0 Å². The molecule has 0 unspecified atom stereocenters. The molecule has 0 bridgehead atoms. The standard InChI is InChI=1S/C13H17N3O2S/c1-13(2)9-16(8-7-14-13)12-10-5-3-4-6-11(10)19(17,18)15-12/h3-6,14H,7-9H2,1-2H3. The molecule has 0 spiro atoms. The van der Waals surface area contributed by atoms with Crippen molar-refractivity contribution in [3.63, 3.8) is 0 Å². The van der Waals surface area contributed by atoms with E-state index in [0.717, 1.165) is 25.2 Å². The van der Waals surface area contributed by atoms with Crippen molar-refractivity contribution < 1.29 is 8.42 Å². The molecular formula is C13H17N3O2S. The van der Waals surface area contributed by atoms with Gasteiger partial charge in [0.15, 0.2) is 5.84 Å². The lowest BCUT2D eigenvalue weighted by Crippen LogP contribution is -2.58. The van der Waals surface area contributed by atoms with Crippen molar-refractivity contribution in [2.75, 3.05) is 19.6 Å². The maximum absolute atomic E-state index is 12.0. The second-order valence-corrected chi connectivity index (χ2v) is 7.19. The highest BCUT2D eigenvalue weighted by molar-refractivity contribution is 7.90. The number of piperazine rings is 1. The summed E-state index contributed by atoms with van der Waals surface area (Å²) in [4.78, 5) is 2.38. The van der Waals surface area contributed by atoms with Gasteiger partial charge in [0.25, 0.3) is 10.0 Å². The van der Waals surface area contributed by atoms with Crippen LogP contribution in [0.1, 0.15) is 19.4 Å². The van der Waals surface area contributed by atoms with Crippen LogP contribution in [0.15, 0.2) is 33.6 Å². The highest BCUT2D eigenvalue weighted by Crippen LogP contribution is 2.28. The number of fused-ring (bicyclic) bond motifs is 1. The van der Waals surface area contributed by atoms with Gasteiger partial charge in [0.2, 0.25) is 0 Å². The minimum atomic E-state index is -3.52. The van der Waals surface area contributed by atoms with E-state index in [1.165, 1.54) is 0 Å². The van der Waals surface area contributed by atoms with Gasteiger partial charge in [-0.25, -0.2) is 0 Å². The fourth-order valence-corrected chi connectivity index (χ4v) is 3.87. The Hall–Kier alpha value is -1.40. The van der Waals surface area contributed by atoms with Crippen LogP contribution < -0.4 is 5.32 Å². The molecule has 0 aliphatic carbocycles. The van der Waals surface area contributed by atoms with Crippen molar-refractivity contribution in [2.24, 2.45) is 4.40 Å². The van der Waals surface area contributed by atoms with E-state index in [1.54, 1.807) is 12.1 Å². The molecule has 102 valence electrons. The van der Waals surface area contributed by atoms with Gasteiger partial charge in [-0.05, 0) is 26.0 Å². The smallest absolute Gasteiger partial charge is 0.285 e. The predicted molar refractivity (Wildman–Crippen MR) is 73.8 cm³/mol. The second-order valence-electron chi connectivity index (χ2n) is 5.62. The molecule has 1 fully saturated rings. The Morgan fingerprint density at radius 2 is 2.05 bits per heavy atom. The van der Waals surface area contributed by atoms with Gasteiger partial charge in [-0.1, -0.05) is 12.1 Å². The second kappa shape index (κ2) is 4.05. The number of amidine groups is 1. The molecule has 2 aliphatic rings. The van der Waals surface area contributed by atoms with Gasteiger partial charge in [0, 0.05) is 30.7 Å². The lowest BCUT2D eigenvalue weighted by molar-refractivity contribution is 0.226. The van der Waals surface area contributed by atoms with Gasteiger partial charge >= 0.3 is 0 Å². The minimum absolute atomic E-state index is 0.0396. The fraction of sp³-hybridized carbons (Fsp3) is 0.462. The summed E-state index contributed by atoms with van der Waals surface area (Å²) in [6.45, 7) is 6.56. The van der Waals surface area contributed by atoms with E-state index in [-0.39, 0.29) is 5.54 Å². The number of hydrogen-bond acceptors (Lipinski definition) is 4. The van der Waals surface area contributed by atoms with Crippen LogP contribution >= 0.6 is 0 Å². The zero-order valence-corrected chi connectivity index (χ0v) is 11.9. The first kappa shape index (κ1) is 12.6. The number of rotatable bonds is 0. The summed E-state index contributed by atoms with van der Waals surface area (Å²) in [5.41, 5.74) is 0.683. The average Bonchev–Trinajstić information content (AvgIpc) is 2.61. The van der Waals surface area contributed by atoms with Crippen LogP contribution in [0.5, 0.6) is 0 Å². The highest BCUT2D eigenvalue weighted by atomic mass is 32.2. The minimum Gasteiger partial charge on any atom is -0.352 e. The Kier molecular flexibility index (Phi) is 2.69. The quantitative estimate of drug-likeness (QED) is 0.764. The first-order chi connectivity index (χ1) is 8.89. The van der Waals surface area contributed by atoms with Crippen LogP contribution in [0.3, 0.4) is 0 Å². The molecule has 0 amide bonds. The Balaban J connectivity index is 2.03. The van der Waals surface area contributed by atoms with E-state index < -0.39 is 10.0 Å². The highest BCUT2D eigenvalue weighted by Gasteiger charge is 2.35. The monoisotopic (exact) mass is 279 g/mol. The summed E-state index contributed by atoms with van der Waals surface area (Å²) >= 11 is 0. The van der Waals surface area contributed by atoms with Gasteiger partial charge in [-0.3, -0.25) is 0 Å². The molecule has 2 heterocycles. The van der Waals surface area contributed by atoms with Crippen LogP contribution in [0.25, 0.3) is 0 Å². The van der Waals surface area contributed by atoms with Crippen molar-refractivity contribution in [1.29, 1.82) is 0 Å². The molecule has 0 atom stereocenters. The largest absolute Gasteiger partial charge is 0.352 e. The molecule has 1 saturated heterocycles. The number of nitrogens with one attached hydrogen (secondary N) is 1. The molecule has 2 aliphatic heterocycles. The zero-order chi connectivity index (χ0) is 13.7. The topological polar surface area (TPSA) is 61.8 Å². The van der Waals surface area contributed by atoms with E-state index in [0.29, 0.717) is 10.7 Å². The van der Waals surface area contributed by atoms with E-state index in [2.05, 4.69) is 28.5 Å². The molecular weight excluding hydrogens is 262 g/mol. The number of sulfonamides is 1. The first-order valence-corrected chi connectivity index (χ1v) is 7.77. The third kappa shape index (κ3) is 2.15. The summed E-state index contributed by atoms with van der Waals surface area (Å²) in [7, 11) is -3.52. The molecule has 0 aromatic heterocycles. The summed E-state index contributed by atoms with van der Waals surface area (Å²) in [5, 5.41) is 3.41. The van der Waals surface area contributed by atoms with Gasteiger partial charge in [0.1, 0.15) is 4.90 Å². The molecule has 1 aromatic carbocycles. The Morgan fingerprint density at radius 1 is 1.32 bits per heavy atom. The molecule has 3 rings (SSSR count). The maximum Gasteiger partial charge on any atom is 0.285 e. The first-order valence-electron chi connectivity index (χ1n) is 6.33. The molecule has 19 heavy (non-hydrogen) atoms. The molecule has 0 saturated carbocycles. The van der Waals surface area contributed by atoms with E-state index in [4.69, 9.17) is 0 Å². The van der Waals surface area contributed by atoms with Gasteiger partial charge in [-0.15, -0.1) is 4.40 Å². The third-order valence-corrected chi connectivity index (χ3v) is 4.81. The molecule has 5 nitrogen and oxygen atoms in total. The lowest BCUT2D eigenvalue weighted by Gasteiger charge is -2.40. The van der Waals surface area contributed by atoms with Gasteiger partial charge in [-0.2, -0.15) is 8.42 Å². The van der Waals surface area contributed by atoms with Crippen molar-refractivity contribution in [1.82, 2.24) is 10.2 Å². The van der Waals surface area contributed by atoms with E-state index >= 15 is 0 Å². The number of benzene rings is 1. The lowest BCUT2D eigenvalue weighted by atomic mass is 10.0.